The van der Waals surface area contributed by atoms with Crippen molar-refractivity contribution in [2.24, 2.45) is 5.92 Å². The number of cyclic esters (lactones) is 1. The molecule has 3 rings (SSSR count). The molecule has 1 amide bonds. The molecule has 0 saturated carbocycles. The highest BCUT2D eigenvalue weighted by Gasteiger charge is 2.25. The van der Waals surface area contributed by atoms with Crippen LogP contribution < -0.4 is 0 Å². The maximum absolute atomic E-state index is 11.6. The van der Waals surface area contributed by atoms with E-state index in [2.05, 4.69) is 43.3 Å². The minimum absolute atomic E-state index is 0.230. The first-order valence-corrected chi connectivity index (χ1v) is 7.11. The normalized spacial score (nSPS) is 27.9. The zero-order valence-electron chi connectivity index (χ0n) is 11.7. The number of nitrogens with zero attached hydrogens (tertiary/aromatic N) is 1. The number of hydrogen-bond donors (Lipinski definition) is 0. The van der Waals surface area contributed by atoms with Crippen molar-refractivity contribution < 1.29 is 9.53 Å². The van der Waals surface area contributed by atoms with Crippen LogP contribution in [0.1, 0.15) is 24.8 Å². The van der Waals surface area contributed by atoms with Crippen molar-refractivity contribution >= 4 is 6.09 Å². The van der Waals surface area contributed by atoms with Crippen LogP contribution in [0.25, 0.3) is 0 Å². The third-order valence-electron chi connectivity index (χ3n) is 3.86. The molecule has 20 heavy (non-hydrogen) atoms. The van der Waals surface area contributed by atoms with Crippen LogP contribution in [0, 0.1) is 5.92 Å². The van der Waals surface area contributed by atoms with Crippen molar-refractivity contribution in [1.29, 1.82) is 0 Å². The van der Waals surface area contributed by atoms with Gasteiger partial charge in [-0.3, -0.25) is 4.90 Å². The molecule has 1 aliphatic heterocycles. The lowest BCUT2D eigenvalue weighted by molar-refractivity contribution is 0.166. The summed E-state index contributed by atoms with van der Waals surface area (Å²) in [5, 5.41) is 0. The van der Waals surface area contributed by atoms with Crippen molar-refractivity contribution in [3.63, 3.8) is 0 Å². The predicted octanol–water partition coefficient (Wildman–Crippen LogP) is 3.70. The van der Waals surface area contributed by atoms with Gasteiger partial charge in [0.2, 0.25) is 0 Å². The average Bonchev–Trinajstić information content (AvgIpc) is 2.85. The van der Waals surface area contributed by atoms with E-state index in [4.69, 9.17) is 4.74 Å². The highest BCUT2D eigenvalue weighted by molar-refractivity contribution is 5.70. The summed E-state index contributed by atoms with van der Waals surface area (Å²) < 4.78 is 5.00. The molecule has 2 aliphatic rings. The highest BCUT2D eigenvalue weighted by atomic mass is 16.6. The predicted molar refractivity (Wildman–Crippen MR) is 78.2 cm³/mol. The Morgan fingerprint density at radius 3 is 2.75 bits per heavy atom. The largest absolute Gasteiger partial charge is 0.447 e. The molecule has 3 heteroatoms. The maximum Gasteiger partial charge on any atom is 0.413 e. The first-order valence-electron chi connectivity index (χ1n) is 7.11. The summed E-state index contributed by atoms with van der Waals surface area (Å²) in [5.74, 6) is 0.778. The number of ether oxygens (including phenoxy) is 1. The van der Waals surface area contributed by atoms with Gasteiger partial charge in [-0.2, -0.15) is 0 Å². The molecule has 1 aromatic rings. The molecule has 3 nitrogen and oxygen atoms in total. The molecule has 1 fully saturated rings. The van der Waals surface area contributed by atoms with Crippen molar-refractivity contribution in [3.05, 3.63) is 59.8 Å². The summed E-state index contributed by atoms with van der Waals surface area (Å²) in [6.45, 7) is 3.35. The van der Waals surface area contributed by atoms with Gasteiger partial charge in [0.15, 0.2) is 0 Å². The van der Waals surface area contributed by atoms with E-state index in [-0.39, 0.29) is 12.0 Å². The van der Waals surface area contributed by atoms with Crippen LogP contribution in [0.2, 0.25) is 0 Å². The summed E-state index contributed by atoms with van der Waals surface area (Å²) >= 11 is 0. The third-order valence-corrected chi connectivity index (χ3v) is 3.86. The summed E-state index contributed by atoms with van der Waals surface area (Å²) in [6.07, 6.45) is 7.26. The summed E-state index contributed by atoms with van der Waals surface area (Å²) in [5.41, 5.74) is 2.56. The quantitative estimate of drug-likeness (QED) is 0.766. The molecular weight excluding hydrogens is 250 g/mol. The topological polar surface area (TPSA) is 29.5 Å². The fourth-order valence-electron chi connectivity index (χ4n) is 2.83. The van der Waals surface area contributed by atoms with E-state index in [9.17, 15) is 4.79 Å². The molecule has 104 valence electrons. The van der Waals surface area contributed by atoms with E-state index in [0.29, 0.717) is 19.1 Å². The van der Waals surface area contributed by atoms with Gasteiger partial charge in [-0.15, -0.1) is 0 Å². The van der Waals surface area contributed by atoms with E-state index in [1.165, 1.54) is 11.1 Å². The maximum atomic E-state index is 11.6. The van der Waals surface area contributed by atoms with Crippen LogP contribution in [-0.2, 0) is 4.74 Å². The molecule has 2 atom stereocenters. The van der Waals surface area contributed by atoms with E-state index in [1.54, 1.807) is 4.90 Å². The van der Waals surface area contributed by atoms with Crippen LogP contribution in [-0.4, -0.2) is 24.1 Å². The Hall–Kier alpha value is -2.03. The lowest BCUT2D eigenvalue weighted by atomic mass is 9.81. The molecule has 1 heterocycles. The Balaban J connectivity index is 1.92. The standard InChI is InChI=1S/C17H19NO2/c1-13-7-8-16(14-5-3-2-4-6-14)15(11-13)12-18-9-10-20-17(18)19/h2-8,12-13,16H,9-11H2,1H3/b15-12-/t13-,16-/m0/s1. The van der Waals surface area contributed by atoms with E-state index in [1.807, 2.05) is 12.3 Å². The molecule has 0 spiro atoms. The van der Waals surface area contributed by atoms with Gasteiger partial charge in [-0.25, -0.2) is 4.79 Å². The van der Waals surface area contributed by atoms with Crippen LogP contribution >= 0.6 is 0 Å². The van der Waals surface area contributed by atoms with Crippen LogP contribution in [0.4, 0.5) is 4.79 Å². The number of benzene rings is 1. The van der Waals surface area contributed by atoms with Gasteiger partial charge in [0.05, 0.1) is 6.54 Å². The monoisotopic (exact) mass is 269 g/mol. The second-order valence-corrected chi connectivity index (χ2v) is 5.47. The lowest BCUT2D eigenvalue weighted by Crippen LogP contribution is -2.20. The average molecular weight is 269 g/mol. The van der Waals surface area contributed by atoms with Crippen molar-refractivity contribution in [1.82, 2.24) is 4.90 Å². The molecular formula is C17H19NO2. The van der Waals surface area contributed by atoms with Gasteiger partial charge in [0.25, 0.3) is 0 Å². The summed E-state index contributed by atoms with van der Waals surface area (Å²) in [7, 11) is 0. The van der Waals surface area contributed by atoms with Gasteiger partial charge in [-0.05, 0) is 23.5 Å². The van der Waals surface area contributed by atoms with E-state index < -0.39 is 0 Å². The fourth-order valence-corrected chi connectivity index (χ4v) is 2.83. The number of amides is 1. The number of hydrogen-bond acceptors (Lipinski definition) is 2. The number of carbonyl (C=O) groups is 1. The molecule has 1 aromatic carbocycles. The molecule has 0 N–H and O–H groups in total. The van der Waals surface area contributed by atoms with Crippen LogP contribution in [0.3, 0.4) is 0 Å². The summed E-state index contributed by atoms with van der Waals surface area (Å²) in [6, 6.07) is 10.4. The minimum Gasteiger partial charge on any atom is -0.447 e. The second-order valence-electron chi connectivity index (χ2n) is 5.47. The summed E-state index contributed by atoms with van der Waals surface area (Å²) in [4.78, 5) is 13.3. The molecule has 1 saturated heterocycles. The van der Waals surface area contributed by atoms with Crippen LogP contribution in [0.15, 0.2) is 54.3 Å². The van der Waals surface area contributed by atoms with Gasteiger partial charge in [0.1, 0.15) is 6.61 Å². The lowest BCUT2D eigenvalue weighted by Gasteiger charge is -2.26. The Bertz CT molecular complexity index is 547. The van der Waals surface area contributed by atoms with Gasteiger partial charge in [0, 0.05) is 12.1 Å². The zero-order valence-corrected chi connectivity index (χ0v) is 11.7. The first kappa shape index (κ1) is 13.0. The SMILES string of the molecule is C[C@H]1C=C[C@@H](c2ccccc2)/C(=C\N2CCOC2=O)C1. The molecule has 0 radical (unpaired) electrons. The number of carbonyl (C=O) groups excluding carboxylic acids is 1. The second kappa shape index (κ2) is 5.53. The van der Waals surface area contributed by atoms with Crippen molar-refractivity contribution in [2.45, 2.75) is 19.3 Å². The smallest absolute Gasteiger partial charge is 0.413 e. The number of rotatable bonds is 2. The van der Waals surface area contributed by atoms with E-state index in [0.717, 1.165) is 6.42 Å². The van der Waals surface area contributed by atoms with Gasteiger partial charge >= 0.3 is 6.09 Å². The number of allylic oxidation sites excluding steroid dienone is 3. The Kier molecular flexibility index (Phi) is 3.59. The molecule has 0 bridgehead atoms. The zero-order chi connectivity index (χ0) is 13.9. The molecule has 0 aromatic heterocycles. The van der Waals surface area contributed by atoms with Crippen molar-refractivity contribution in [3.8, 4) is 0 Å². The third kappa shape index (κ3) is 2.62. The molecule has 1 aliphatic carbocycles. The fraction of sp³-hybridized carbons (Fsp3) is 0.353. The van der Waals surface area contributed by atoms with Gasteiger partial charge in [-0.1, -0.05) is 49.4 Å². The minimum atomic E-state index is -0.230. The highest BCUT2D eigenvalue weighted by Crippen LogP contribution is 2.35. The molecule has 0 unspecified atom stereocenters. The van der Waals surface area contributed by atoms with E-state index >= 15 is 0 Å². The van der Waals surface area contributed by atoms with Crippen molar-refractivity contribution in [2.75, 3.05) is 13.2 Å². The Morgan fingerprint density at radius 2 is 2.05 bits per heavy atom. The Labute approximate surface area is 119 Å². The van der Waals surface area contributed by atoms with Gasteiger partial charge < -0.3 is 4.74 Å². The Morgan fingerprint density at radius 1 is 1.25 bits per heavy atom. The van der Waals surface area contributed by atoms with Crippen LogP contribution in [0.5, 0.6) is 0 Å². The first-order chi connectivity index (χ1) is 9.74.